The van der Waals surface area contributed by atoms with Gasteiger partial charge in [0.2, 0.25) is 6.79 Å². The molecule has 4 aliphatic rings. The van der Waals surface area contributed by atoms with Crippen molar-refractivity contribution in [1.29, 1.82) is 0 Å². The highest BCUT2D eigenvalue weighted by atomic mass is 32.2. The highest BCUT2D eigenvalue weighted by Gasteiger charge is 2.59. The van der Waals surface area contributed by atoms with Crippen molar-refractivity contribution >= 4 is 22.8 Å². The highest BCUT2D eigenvalue weighted by molar-refractivity contribution is 8.13. The van der Waals surface area contributed by atoms with Gasteiger partial charge >= 0.3 is 5.97 Å². The van der Waals surface area contributed by atoms with Gasteiger partial charge in [-0.25, -0.2) is 0 Å². The molecule has 1 aliphatic carbocycles. The minimum Gasteiger partial charge on any atom is -0.497 e. The van der Waals surface area contributed by atoms with E-state index in [1.165, 1.54) is 17.3 Å². The Morgan fingerprint density at radius 2 is 1.97 bits per heavy atom. The molecule has 1 fully saturated rings. The van der Waals surface area contributed by atoms with Gasteiger partial charge < -0.3 is 18.9 Å². The molecule has 0 N–H and O–H groups in total. The second-order valence-electron chi connectivity index (χ2n) is 10.9. The summed E-state index contributed by atoms with van der Waals surface area (Å²) in [5, 5.41) is 0.00601. The number of rotatable bonds is 9. The van der Waals surface area contributed by atoms with E-state index < -0.39 is 11.6 Å². The molecule has 4 atom stereocenters. The zero-order chi connectivity index (χ0) is 27.1. The van der Waals surface area contributed by atoms with Crippen LogP contribution in [0.25, 0.3) is 0 Å². The molecule has 1 aromatic rings. The zero-order valence-corrected chi connectivity index (χ0v) is 24.0. The highest BCUT2D eigenvalue weighted by Crippen LogP contribution is 2.55. The van der Waals surface area contributed by atoms with Crippen molar-refractivity contribution in [2.75, 3.05) is 46.8 Å². The van der Waals surface area contributed by atoms with Crippen molar-refractivity contribution < 1.29 is 28.5 Å². The topological polar surface area (TPSA) is 77.5 Å². The van der Waals surface area contributed by atoms with Gasteiger partial charge in [-0.1, -0.05) is 32.0 Å². The Morgan fingerprint density at radius 3 is 2.66 bits per heavy atom. The number of ether oxygens (including phenoxy) is 4. The van der Waals surface area contributed by atoms with Gasteiger partial charge in [-0.3, -0.25) is 19.4 Å². The molecule has 9 heteroatoms. The number of methoxy groups -OCH3 is 1. The number of benzene rings is 1. The fourth-order valence-electron chi connectivity index (χ4n) is 7.01. The molecule has 38 heavy (non-hydrogen) atoms. The molecule has 0 amide bonds. The molecule has 0 unspecified atom stereocenters. The average Bonchev–Trinajstić information content (AvgIpc) is 3.57. The summed E-state index contributed by atoms with van der Waals surface area (Å²) >= 11 is 1.26. The van der Waals surface area contributed by atoms with Crippen LogP contribution in [-0.4, -0.2) is 84.9 Å². The van der Waals surface area contributed by atoms with E-state index in [2.05, 4.69) is 23.1 Å². The lowest BCUT2D eigenvalue weighted by molar-refractivity contribution is -0.165. The van der Waals surface area contributed by atoms with Gasteiger partial charge in [0.25, 0.3) is 0 Å². The minimum absolute atomic E-state index is 0.00601. The summed E-state index contributed by atoms with van der Waals surface area (Å²) in [6.07, 6.45) is 5.93. The third kappa shape index (κ3) is 4.40. The van der Waals surface area contributed by atoms with Crippen LogP contribution in [0.5, 0.6) is 11.5 Å². The lowest BCUT2D eigenvalue weighted by Gasteiger charge is -2.41. The van der Waals surface area contributed by atoms with E-state index in [-0.39, 0.29) is 35.8 Å². The summed E-state index contributed by atoms with van der Waals surface area (Å²) in [6, 6.07) is 4.19. The molecular weight excluding hydrogens is 504 g/mol. The first-order chi connectivity index (χ1) is 18.3. The molecule has 0 radical (unpaired) electrons. The number of carbonyl (C=O) groups excluding carboxylic acids is 2. The predicted octanol–water partition coefficient (Wildman–Crippen LogP) is 4.12. The average molecular weight is 545 g/mol. The molecule has 8 nitrogen and oxygen atoms in total. The number of nitrogens with zero attached hydrogens (tertiary/aromatic N) is 2. The molecule has 3 heterocycles. The minimum atomic E-state index is -1.04. The Hall–Kier alpha value is -2.23. The van der Waals surface area contributed by atoms with Crippen LogP contribution in [0.4, 0.5) is 0 Å². The van der Waals surface area contributed by atoms with Crippen molar-refractivity contribution in [3.05, 3.63) is 35.1 Å². The molecule has 3 aliphatic heterocycles. The van der Waals surface area contributed by atoms with Gasteiger partial charge in [0, 0.05) is 13.0 Å². The Balaban J connectivity index is 1.57. The van der Waals surface area contributed by atoms with Crippen LogP contribution in [0.1, 0.15) is 63.0 Å². The third-order valence-corrected chi connectivity index (χ3v) is 9.59. The van der Waals surface area contributed by atoms with Gasteiger partial charge in [0.05, 0.1) is 18.6 Å². The second kappa shape index (κ2) is 10.7. The number of hydrogen-bond acceptors (Lipinski definition) is 9. The van der Waals surface area contributed by atoms with E-state index in [1.807, 2.05) is 32.8 Å². The van der Waals surface area contributed by atoms with E-state index in [0.717, 1.165) is 55.8 Å². The molecular formula is C29H40N2O6S. The van der Waals surface area contributed by atoms with Crippen LogP contribution >= 0.6 is 11.8 Å². The van der Waals surface area contributed by atoms with E-state index in [0.29, 0.717) is 17.9 Å². The predicted molar refractivity (Wildman–Crippen MR) is 147 cm³/mol. The van der Waals surface area contributed by atoms with Crippen LogP contribution < -0.4 is 9.47 Å². The summed E-state index contributed by atoms with van der Waals surface area (Å²) in [6.45, 7) is 6.11. The van der Waals surface area contributed by atoms with Crippen LogP contribution in [0.15, 0.2) is 24.0 Å². The molecule has 0 saturated carbocycles. The Morgan fingerprint density at radius 1 is 1.21 bits per heavy atom. The van der Waals surface area contributed by atoms with Crippen molar-refractivity contribution in [2.45, 2.75) is 75.5 Å². The summed E-state index contributed by atoms with van der Waals surface area (Å²) < 4.78 is 24.0. The number of fused-ring (bicyclic) bond motifs is 3. The number of esters is 1. The SMILES string of the molecule is CCC[C@@](CC(=O)SCC)(C(=O)O[C@@H]1C(OC)=C[C@]23CCCN2CCc2cc4c(cc2[C@H]13)OCO4)N(C)C. The van der Waals surface area contributed by atoms with Crippen LogP contribution in [0.2, 0.25) is 0 Å². The molecule has 5 rings (SSSR count). The van der Waals surface area contributed by atoms with Gasteiger partial charge in [0.15, 0.2) is 22.7 Å². The first-order valence-electron chi connectivity index (χ1n) is 13.8. The fourth-order valence-corrected chi connectivity index (χ4v) is 7.67. The first kappa shape index (κ1) is 27.3. The van der Waals surface area contributed by atoms with Crippen LogP contribution in [-0.2, 0) is 25.5 Å². The van der Waals surface area contributed by atoms with E-state index >= 15 is 0 Å². The monoisotopic (exact) mass is 544 g/mol. The molecule has 1 saturated heterocycles. The van der Waals surface area contributed by atoms with Gasteiger partial charge in [-0.05, 0) is 81.4 Å². The Kier molecular flexibility index (Phi) is 7.73. The second-order valence-corrected chi connectivity index (χ2v) is 12.3. The summed E-state index contributed by atoms with van der Waals surface area (Å²) in [4.78, 5) is 31.5. The van der Waals surface area contributed by atoms with Crippen LogP contribution in [0, 0.1) is 0 Å². The van der Waals surface area contributed by atoms with Crippen LogP contribution in [0.3, 0.4) is 0 Å². The fraction of sp³-hybridized carbons (Fsp3) is 0.655. The number of hydrogen-bond donors (Lipinski definition) is 0. The number of carbonyl (C=O) groups is 2. The largest absolute Gasteiger partial charge is 0.497 e. The molecule has 0 aromatic heterocycles. The maximum Gasteiger partial charge on any atom is 0.327 e. The quantitative estimate of drug-likeness (QED) is 0.427. The first-order valence-corrected chi connectivity index (χ1v) is 14.8. The number of likely N-dealkylation sites (N-methyl/N-ethyl adjacent to an activating group) is 1. The lowest BCUT2D eigenvalue weighted by Crippen LogP contribution is -2.55. The van der Waals surface area contributed by atoms with Crippen molar-refractivity contribution in [1.82, 2.24) is 9.80 Å². The van der Waals surface area contributed by atoms with E-state index in [9.17, 15) is 9.59 Å². The molecule has 1 spiro atoms. The molecule has 208 valence electrons. The van der Waals surface area contributed by atoms with Gasteiger partial charge in [-0.2, -0.15) is 0 Å². The van der Waals surface area contributed by atoms with E-state index in [1.54, 1.807) is 7.11 Å². The standard InChI is InChI=1S/C29H40N2O6S/c1-6-10-29(30(3)4,17-24(32)38-7-2)27(33)37-26-23(34-5)16-28-11-8-12-31(28)13-9-19-14-21-22(36-18-35-21)15-20(19)25(26)28/h14-16,25-26H,6-13,17-18H2,1-5H3/t25-,26-,28+,29-/m1/s1. The third-order valence-electron chi connectivity index (χ3n) is 8.84. The normalized spacial score (nSPS) is 27.2. The lowest BCUT2D eigenvalue weighted by atomic mass is 9.77. The number of thioether (sulfide) groups is 1. The summed E-state index contributed by atoms with van der Waals surface area (Å²) in [5.74, 6) is 2.36. The summed E-state index contributed by atoms with van der Waals surface area (Å²) in [5.41, 5.74) is 0.986. The Bertz CT molecular complexity index is 1120. The smallest absolute Gasteiger partial charge is 0.327 e. The molecule has 1 aromatic carbocycles. The summed E-state index contributed by atoms with van der Waals surface area (Å²) in [7, 11) is 5.38. The van der Waals surface area contributed by atoms with Gasteiger partial charge in [-0.15, -0.1) is 0 Å². The Labute approximate surface area is 230 Å². The van der Waals surface area contributed by atoms with Crippen molar-refractivity contribution in [3.63, 3.8) is 0 Å². The maximum atomic E-state index is 14.2. The van der Waals surface area contributed by atoms with Gasteiger partial charge in [0.1, 0.15) is 11.3 Å². The zero-order valence-electron chi connectivity index (χ0n) is 23.2. The maximum absolute atomic E-state index is 14.2. The van der Waals surface area contributed by atoms with Crippen molar-refractivity contribution in [2.24, 2.45) is 0 Å². The molecule has 0 bridgehead atoms. The van der Waals surface area contributed by atoms with Crippen molar-refractivity contribution in [3.8, 4) is 11.5 Å². The van der Waals surface area contributed by atoms with E-state index in [4.69, 9.17) is 18.9 Å².